The fourth-order valence-corrected chi connectivity index (χ4v) is 2.29. The molecule has 5 heteroatoms. The molecule has 0 radical (unpaired) electrons. The van der Waals surface area contributed by atoms with E-state index in [9.17, 15) is 4.79 Å². The van der Waals surface area contributed by atoms with E-state index in [1.54, 1.807) is 12.3 Å². The van der Waals surface area contributed by atoms with Gasteiger partial charge in [0.25, 0.3) is 5.91 Å². The Morgan fingerprint density at radius 3 is 2.74 bits per heavy atom. The molecule has 0 saturated carbocycles. The van der Waals surface area contributed by atoms with Crippen LogP contribution in [0.1, 0.15) is 47.8 Å². The molecule has 0 bridgehead atoms. The van der Waals surface area contributed by atoms with Crippen molar-refractivity contribution in [2.24, 2.45) is 0 Å². The summed E-state index contributed by atoms with van der Waals surface area (Å²) in [6.07, 6.45) is 5.01. The summed E-state index contributed by atoms with van der Waals surface area (Å²) < 4.78 is 0. The van der Waals surface area contributed by atoms with Crippen molar-refractivity contribution in [1.82, 2.24) is 9.97 Å². The number of carbonyl (C=O) groups excluding carboxylic acids is 1. The van der Waals surface area contributed by atoms with Crippen molar-refractivity contribution in [2.75, 3.05) is 17.2 Å². The predicted octanol–water partition coefficient (Wildman–Crippen LogP) is 3.95. The maximum atomic E-state index is 12.4. The van der Waals surface area contributed by atoms with E-state index in [1.165, 1.54) is 18.4 Å². The van der Waals surface area contributed by atoms with Crippen LogP contribution in [0.3, 0.4) is 0 Å². The normalized spacial score (nSPS) is 10.4. The van der Waals surface area contributed by atoms with Crippen LogP contribution in [0.2, 0.25) is 0 Å². The standard InChI is InChI=1S/C18H24N4O/c1-4-5-6-10-19-18-20-11-9-16(22-18)17(23)21-15-8-7-13(2)12-14(15)3/h7-9,11-12H,4-6,10H2,1-3H3,(H,21,23)(H,19,20,22). The number of anilines is 2. The number of benzene rings is 1. The predicted molar refractivity (Wildman–Crippen MR) is 93.9 cm³/mol. The van der Waals surface area contributed by atoms with Crippen LogP contribution in [0, 0.1) is 13.8 Å². The molecule has 0 spiro atoms. The average molecular weight is 312 g/mol. The van der Waals surface area contributed by atoms with E-state index in [1.807, 2.05) is 32.0 Å². The van der Waals surface area contributed by atoms with Crippen LogP contribution < -0.4 is 10.6 Å². The lowest BCUT2D eigenvalue weighted by atomic mass is 10.1. The van der Waals surface area contributed by atoms with Crippen LogP contribution in [0.15, 0.2) is 30.5 Å². The summed E-state index contributed by atoms with van der Waals surface area (Å²) in [5.74, 6) is 0.269. The average Bonchev–Trinajstić information content (AvgIpc) is 2.54. The van der Waals surface area contributed by atoms with Gasteiger partial charge in [-0.05, 0) is 38.0 Å². The Morgan fingerprint density at radius 2 is 2.00 bits per heavy atom. The molecule has 0 aliphatic rings. The summed E-state index contributed by atoms with van der Waals surface area (Å²) in [7, 11) is 0. The molecule has 0 fully saturated rings. The van der Waals surface area contributed by atoms with Crippen LogP contribution in [-0.4, -0.2) is 22.4 Å². The number of carbonyl (C=O) groups is 1. The highest BCUT2D eigenvalue weighted by atomic mass is 16.1. The third-order valence-electron chi connectivity index (χ3n) is 3.58. The van der Waals surface area contributed by atoms with Gasteiger partial charge in [0.1, 0.15) is 5.69 Å². The fraction of sp³-hybridized carbons (Fsp3) is 0.389. The Bertz CT molecular complexity index is 670. The zero-order chi connectivity index (χ0) is 16.7. The lowest BCUT2D eigenvalue weighted by Gasteiger charge is -2.09. The lowest BCUT2D eigenvalue weighted by Crippen LogP contribution is -2.16. The van der Waals surface area contributed by atoms with Gasteiger partial charge in [-0.25, -0.2) is 9.97 Å². The highest BCUT2D eigenvalue weighted by Gasteiger charge is 2.10. The minimum absolute atomic E-state index is 0.226. The Labute approximate surface area is 137 Å². The number of amides is 1. The minimum atomic E-state index is -0.226. The van der Waals surface area contributed by atoms with Crippen LogP contribution in [0.4, 0.5) is 11.6 Å². The van der Waals surface area contributed by atoms with Gasteiger partial charge in [-0.15, -0.1) is 0 Å². The van der Waals surface area contributed by atoms with E-state index in [2.05, 4.69) is 27.5 Å². The SMILES string of the molecule is CCCCCNc1nccc(C(=O)Nc2ccc(C)cc2C)n1. The molecule has 5 nitrogen and oxygen atoms in total. The summed E-state index contributed by atoms with van der Waals surface area (Å²) in [4.78, 5) is 20.8. The summed E-state index contributed by atoms with van der Waals surface area (Å²) >= 11 is 0. The van der Waals surface area contributed by atoms with E-state index in [-0.39, 0.29) is 5.91 Å². The molecule has 2 aromatic rings. The van der Waals surface area contributed by atoms with Crippen molar-refractivity contribution in [3.8, 4) is 0 Å². The molecule has 2 N–H and O–H groups in total. The lowest BCUT2D eigenvalue weighted by molar-refractivity contribution is 0.102. The zero-order valence-electron chi connectivity index (χ0n) is 14.0. The summed E-state index contributed by atoms with van der Waals surface area (Å²) in [5, 5.41) is 6.06. The number of nitrogens with one attached hydrogen (secondary N) is 2. The second kappa shape index (κ2) is 8.27. The van der Waals surface area contributed by atoms with Crippen molar-refractivity contribution in [1.29, 1.82) is 0 Å². The molecular formula is C18H24N4O. The van der Waals surface area contributed by atoms with Crippen molar-refractivity contribution in [2.45, 2.75) is 40.0 Å². The van der Waals surface area contributed by atoms with Crippen molar-refractivity contribution >= 4 is 17.5 Å². The fourth-order valence-electron chi connectivity index (χ4n) is 2.29. The van der Waals surface area contributed by atoms with Gasteiger partial charge in [-0.2, -0.15) is 0 Å². The second-order valence-electron chi connectivity index (χ2n) is 5.67. The minimum Gasteiger partial charge on any atom is -0.354 e. The molecule has 1 aromatic heterocycles. The third-order valence-corrected chi connectivity index (χ3v) is 3.58. The zero-order valence-corrected chi connectivity index (χ0v) is 14.0. The molecule has 0 aliphatic heterocycles. The second-order valence-corrected chi connectivity index (χ2v) is 5.67. The molecule has 1 amide bonds. The molecular weight excluding hydrogens is 288 g/mol. The topological polar surface area (TPSA) is 66.9 Å². The number of aryl methyl sites for hydroxylation is 2. The van der Waals surface area contributed by atoms with Crippen LogP contribution >= 0.6 is 0 Å². The first-order valence-electron chi connectivity index (χ1n) is 8.05. The molecule has 23 heavy (non-hydrogen) atoms. The van der Waals surface area contributed by atoms with Crippen molar-refractivity contribution in [3.63, 3.8) is 0 Å². The number of aromatic nitrogens is 2. The molecule has 0 unspecified atom stereocenters. The van der Waals surface area contributed by atoms with Gasteiger partial charge >= 0.3 is 0 Å². The number of unbranched alkanes of at least 4 members (excludes halogenated alkanes) is 2. The van der Waals surface area contributed by atoms with Crippen molar-refractivity contribution in [3.05, 3.63) is 47.3 Å². The van der Waals surface area contributed by atoms with E-state index < -0.39 is 0 Å². The Kier molecular flexibility index (Phi) is 6.09. The number of hydrogen-bond acceptors (Lipinski definition) is 4. The van der Waals surface area contributed by atoms with Gasteiger partial charge in [0, 0.05) is 18.4 Å². The smallest absolute Gasteiger partial charge is 0.274 e. The summed E-state index contributed by atoms with van der Waals surface area (Å²) in [5.41, 5.74) is 3.36. The maximum absolute atomic E-state index is 12.4. The Balaban J connectivity index is 2.01. The van der Waals surface area contributed by atoms with Gasteiger partial charge in [-0.3, -0.25) is 4.79 Å². The van der Waals surface area contributed by atoms with Gasteiger partial charge in [-0.1, -0.05) is 37.5 Å². The summed E-state index contributed by atoms with van der Waals surface area (Å²) in [6, 6.07) is 7.54. The van der Waals surface area contributed by atoms with Gasteiger partial charge < -0.3 is 10.6 Å². The van der Waals surface area contributed by atoms with E-state index in [4.69, 9.17) is 0 Å². The third kappa shape index (κ3) is 5.06. The van der Waals surface area contributed by atoms with Crippen LogP contribution in [0.25, 0.3) is 0 Å². The molecule has 2 rings (SSSR count). The Morgan fingerprint density at radius 1 is 1.17 bits per heavy atom. The first kappa shape index (κ1) is 16.9. The summed E-state index contributed by atoms with van der Waals surface area (Å²) in [6.45, 7) is 6.98. The van der Waals surface area contributed by atoms with Crippen LogP contribution in [0.5, 0.6) is 0 Å². The van der Waals surface area contributed by atoms with Crippen LogP contribution in [-0.2, 0) is 0 Å². The molecule has 1 aromatic carbocycles. The van der Waals surface area contributed by atoms with E-state index in [0.29, 0.717) is 11.6 Å². The monoisotopic (exact) mass is 312 g/mol. The van der Waals surface area contributed by atoms with Gasteiger partial charge in [0.2, 0.25) is 5.95 Å². The largest absolute Gasteiger partial charge is 0.354 e. The Hall–Kier alpha value is -2.43. The van der Waals surface area contributed by atoms with Gasteiger partial charge in [0.05, 0.1) is 0 Å². The first-order valence-corrected chi connectivity index (χ1v) is 8.05. The highest BCUT2D eigenvalue weighted by Crippen LogP contribution is 2.17. The van der Waals surface area contributed by atoms with Gasteiger partial charge in [0.15, 0.2) is 0 Å². The first-order chi connectivity index (χ1) is 11.1. The number of rotatable bonds is 7. The molecule has 0 atom stereocenters. The molecule has 1 heterocycles. The van der Waals surface area contributed by atoms with E-state index in [0.717, 1.165) is 24.2 Å². The quantitative estimate of drug-likeness (QED) is 0.760. The molecule has 0 saturated heterocycles. The molecule has 122 valence electrons. The number of hydrogen-bond donors (Lipinski definition) is 2. The molecule has 0 aliphatic carbocycles. The highest BCUT2D eigenvalue weighted by molar-refractivity contribution is 6.03. The van der Waals surface area contributed by atoms with E-state index >= 15 is 0 Å². The van der Waals surface area contributed by atoms with Crippen molar-refractivity contribution < 1.29 is 4.79 Å². The maximum Gasteiger partial charge on any atom is 0.274 e. The number of nitrogens with zero attached hydrogens (tertiary/aromatic N) is 2.